The van der Waals surface area contributed by atoms with Crippen LogP contribution in [-0.2, 0) is 9.53 Å². The van der Waals surface area contributed by atoms with E-state index in [0.29, 0.717) is 5.92 Å². The zero-order valence-corrected chi connectivity index (χ0v) is 18.5. The number of alkyl halides is 1. The monoisotopic (exact) mass is 442 g/mol. The van der Waals surface area contributed by atoms with Crippen LogP contribution in [-0.4, -0.2) is 98.8 Å². The number of rotatable bonds is 7. The molecule has 2 aliphatic heterocycles. The third-order valence-corrected chi connectivity index (χ3v) is 6.76. The number of thioether (sulfide) groups is 1. The highest BCUT2D eigenvalue weighted by molar-refractivity contribution is 7.99. The van der Waals surface area contributed by atoms with E-state index in [1.807, 2.05) is 11.9 Å². The second-order valence-corrected chi connectivity index (χ2v) is 9.36. The quantitative estimate of drug-likeness (QED) is 0.393. The molecule has 28 heavy (non-hydrogen) atoms. The van der Waals surface area contributed by atoms with Gasteiger partial charge in [-0.25, -0.2) is 0 Å². The Labute approximate surface area is 176 Å². The van der Waals surface area contributed by atoms with Crippen molar-refractivity contribution < 1.29 is 30.3 Å². The molecule has 9 atom stereocenters. The zero-order valence-electron chi connectivity index (χ0n) is 16.9. The molecule has 0 bridgehead atoms. The van der Waals surface area contributed by atoms with E-state index in [1.54, 1.807) is 13.2 Å². The number of halogens is 1. The lowest BCUT2D eigenvalue weighted by atomic mass is 9.92. The van der Waals surface area contributed by atoms with Gasteiger partial charge in [-0.15, -0.1) is 23.4 Å². The predicted molar refractivity (Wildman–Crippen MR) is 110 cm³/mol. The molecule has 0 aromatic rings. The van der Waals surface area contributed by atoms with Gasteiger partial charge in [0.15, 0.2) is 0 Å². The molecule has 0 aromatic carbocycles. The lowest BCUT2D eigenvalue weighted by molar-refractivity contribution is -0.205. The lowest BCUT2D eigenvalue weighted by Gasteiger charge is -2.44. The summed E-state index contributed by atoms with van der Waals surface area (Å²) in [4.78, 5) is 14.9. The maximum Gasteiger partial charge on any atom is 0.237 e. The summed E-state index contributed by atoms with van der Waals surface area (Å²) in [5, 5.41) is 33.0. The number of amides is 1. The van der Waals surface area contributed by atoms with Gasteiger partial charge >= 0.3 is 0 Å². The minimum absolute atomic E-state index is 0. The summed E-state index contributed by atoms with van der Waals surface area (Å²) in [6.45, 7) is 4.74. The number of ether oxygens (including phenoxy) is 1. The van der Waals surface area contributed by atoms with Gasteiger partial charge in [0.2, 0.25) is 5.91 Å². The molecule has 0 spiro atoms. The Hall–Kier alpha value is -0.130. The van der Waals surface area contributed by atoms with Crippen molar-refractivity contribution in [3.05, 3.63) is 0 Å². The van der Waals surface area contributed by atoms with Gasteiger partial charge in [-0.1, -0.05) is 13.3 Å². The molecular formula is C18H35ClN2O6S. The molecule has 2 rings (SSSR count). The van der Waals surface area contributed by atoms with E-state index in [4.69, 9.17) is 16.3 Å². The van der Waals surface area contributed by atoms with Crippen molar-refractivity contribution in [2.45, 2.75) is 80.4 Å². The number of nitrogens with zero attached hydrogens (tertiary/aromatic N) is 1. The van der Waals surface area contributed by atoms with Crippen LogP contribution in [0.3, 0.4) is 0 Å². The summed E-state index contributed by atoms with van der Waals surface area (Å²) in [5.74, 6) is 0.350. The number of hydrogen-bond acceptors (Lipinski definition) is 7. The third kappa shape index (κ3) is 5.72. The standard InChI is InChI=1S/C18H33ClN2O5S.H2O/c1-5-6-10-7-11(21(3)8-10)17(25)20-12(9(2)19)16-14(23)13(22)15(24)18(26-16)27-4;/h9-16,18,22-24H,5-8H2,1-4H3,(H,20,25);1H2/t9-,10+,11-,12+,13-,14+,15+,16+,18+;/m0./s1. The average Bonchev–Trinajstić information content (AvgIpc) is 2.99. The molecule has 8 nitrogen and oxygen atoms in total. The average molecular weight is 443 g/mol. The maximum absolute atomic E-state index is 12.9. The number of likely N-dealkylation sites (tertiary alicyclic amines) is 1. The van der Waals surface area contributed by atoms with Crippen LogP contribution in [0.5, 0.6) is 0 Å². The Balaban J connectivity index is 0.00000392. The first-order valence-corrected chi connectivity index (χ1v) is 11.3. The van der Waals surface area contributed by atoms with E-state index in [2.05, 4.69) is 12.2 Å². The summed E-state index contributed by atoms with van der Waals surface area (Å²) >= 11 is 7.55. The topological polar surface area (TPSA) is 134 Å². The second-order valence-electron chi connectivity index (χ2n) is 7.73. The van der Waals surface area contributed by atoms with Crippen molar-refractivity contribution in [2.24, 2.45) is 5.92 Å². The van der Waals surface area contributed by atoms with Crippen LogP contribution in [0.2, 0.25) is 0 Å². The minimum Gasteiger partial charge on any atom is -0.412 e. The Morgan fingerprint density at radius 3 is 2.50 bits per heavy atom. The summed E-state index contributed by atoms with van der Waals surface area (Å²) < 4.78 is 5.79. The Kier molecular flexibility index (Phi) is 10.5. The molecule has 2 fully saturated rings. The Bertz CT molecular complexity index is 501. The normalized spacial score (nSPS) is 38.5. The molecule has 2 aliphatic rings. The lowest BCUT2D eigenvalue weighted by Crippen LogP contribution is -2.65. The molecule has 0 unspecified atom stereocenters. The molecule has 1 amide bonds. The van der Waals surface area contributed by atoms with Crippen LogP contribution in [0.4, 0.5) is 0 Å². The van der Waals surface area contributed by atoms with Gasteiger partial charge in [-0.2, -0.15) is 0 Å². The Morgan fingerprint density at radius 1 is 1.32 bits per heavy atom. The SMILES string of the molecule is CCC[C@@H]1C[C@@H](C(=O)N[C@@H]([C@H]2O[C@H](SC)[C@H](O)[C@@H](O)[C@H]2O)[C@H](C)Cl)N(C)C1.O. The van der Waals surface area contributed by atoms with E-state index in [-0.39, 0.29) is 17.4 Å². The molecule has 0 saturated carbocycles. The summed E-state index contributed by atoms with van der Waals surface area (Å²) in [7, 11) is 1.94. The fourth-order valence-electron chi connectivity index (χ4n) is 4.11. The van der Waals surface area contributed by atoms with Gasteiger partial charge in [0.1, 0.15) is 29.9 Å². The van der Waals surface area contributed by atoms with Gasteiger partial charge in [0, 0.05) is 6.54 Å². The Morgan fingerprint density at radius 2 is 1.96 bits per heavy atom. The van der Waals surface area contributed by atoms with Gasteiger partial charge in [0.05, 0.1) is 17.5 Å². The maximum atomic E-state index is 12.9. The largest absolute Gasteiger partial charge is 0.412 e. The summed E-state index contributed by atoms with van der Waals surface area (Å²) in [6.07, 6.45) is -0.0980. The molecule has 0 radical (unpaired) electrons. The van der Waals surface area contributed by atoms with Crippen LogP contribution >= 0.6 is 23.4 Å². The fourth-order valence-corrected chi connectivity index (χ4v) is 5.00. The molecule has 0 aromatic heterocycles. The highest BCUT2D eigenvalue weighted by atomic mass is 35.5. The second kappa shape index (κ2) is 11.3. The first-order chi connectivity index (χ1) is 12.7. The number of likely N-dealkylation sites (N-methyl/N-ethyl adjacent to an activating group) is 1. The minimum atomic E-state index is -1.36. The fraction of sp³-hybridized carbons (Fsp3) is 0.944. The van der Waals surface area contributed by atoms with Crippen LogP contribution in [0.15, 0.2) is 0 Å². The number of carbonyl (C=O) groups excluding carboxylic acids is 1. The molecule has 166 valence electrons. The van der Waals surface area contributed by atoms with Crippen LogP contribution < -0.4 is 5.32 Å². The molecule has 6 N–H and O–H groups in total. The van der Waals surface area contributed by atoms with Crippen molar-refractivity contribution in [3.8, 4) is 0 Å². The number of nitrogens with one attached hydrogen (secondary N) is 1. The molecule has 0 aliphatic carbocycles. The molecule has 10 heteroatoms. The first kappa shape index (κ1) is 25.9. The van der Waals surface area contributed by atoms with Gasteiger partial charge in [-0.05, 0) is 39.0 Å². The van der Waals surface area contributed by atoms with Crippen LogP contribution in [0, 0.1) is 5.92 Å². The van der Waals surface area contributed by atoms with E-state index in [0.717, 1.165) is 25.8 Å². The van der Waals surface area contributed by atoms with Crippen LogP contribution in [0.25, 0.3) is 0 Å². The van der Waals surface area contributed by atoms with Crippen molar-refractivity contribution in [1.29, 1.82) is 0 Å². The van der Waals surface area contributed by atoms with Crippen molar-refractivity contribution in [3.63, 3.8) is 0 Å². The predicted octanol–water partition coefficient (Wildman–Crippen LogP) is -0.435. The molecule has 2 saturated heterocycles. The van der Waals surface area contributed by atoms with Crippen LogP contribution in [0.1, 0.15) is 33.1 Å². The van der Waals surface area contributed by atoms with E-state index >= 15 is 0 Å². The molecular weight excluding hydrogens is 408 g/mol. The van der Waals surface area contributed by atoms with Gasteiger partial charge < -0.3 is 30.8 Å². The number of carbonyl (C=O) groups is 1. The first-order valence-electron chi connectivity index (χ1n) is 9.58. The smallest absolute Gasteiger partial charge is 0.237 e. The number of aliphatic hydroxyl groups is 3. The van der Waals surface area contributed by atoms with Crippen molar-refractivity contribution in [1.82, 2.24) is 10.2 Å². The molecule has 2 heterocycles. The number of aliphatic hydroxyl groups excluding tert-OH is 3. The van der Waals surface area contributed by atoms with Gasteiger partial charge in [-0.3, -0.25) is 9.69 Å². The highest BCUT2D eigenvalue weighted by Crippen LogP contribution is 2.31. The highest BCUT2D eigenvalue weighted by Gasteiger charge is 2.48. The number of hydrogen-bond donors (Lipinski definition) is 4. The van der Waals surface area contributed by atoms with E-state index in [9.17, 15) is 20.1 Å². The van der Waals surface area contributed by atoms with Crippen molar-refractivity contribution in [2.75, 3.05) is 19.8 Å². The van der Waals surface area contributed by atoms with E-state index in [1.165, 1.54) is 11.8 Å². The van der Waals surface area contributed by atoms with Gasteiger partial charge in [0.25, 0.3) is 0 Å². The summed E-state index contributed by atoms with van der Waals surface area (Å²) in [6, 6.07) is -0.934. The summed E-state index contributed by atoms with van der Waals surface area (Å²) in [5.41, 5.74) is -0.702. The third-order valence-electron chi connectivity index (χ3n) is 5.63. The van der Waals surface area contributed by atoms with E-state index < -0.39 is 41.3 Å². The zero-order chi connectivity index (χ0) is 20.3. The van der Waals surface area contributed by atoms with Crippen molar-refractivity contribution >= 4 is 29.3 Å².